The van der Waals surface area contributed by atoms with E-state index in [1.807, 2.05) is 0 Å². The minimum absolute atomic E-state index is 0.342. The molecule has 1 aliphatic rings. The van der Waals surface area contributed by atoms with Crippen molar-refractivity contribution in [2.45, 2.75) is 46.1 Å². The highest BCUT2D eigenvalue weighted by Gasteiger charge is 2.41. The van der Waals surface area contributed by atoms with E-state index >= 15 is 0 Å². The second-order valence-corrected chi connectivity index (χ2v) is 6.46. The van der Waals surface area contributed by atoms with Crippen LogP contribution in [0.3, 0.4) is 0 Å². The van der Waals surface area contributed by atoms with Gasteiger partial charge in [-0.25, -0.2) is 0 Å². The molecule has 0 aromatic heterocycles. The summed E-state index contributed by atoms with van der Waals surface area (Å²) in [7, 11) is 0. The number of hydrogen-bond acceptors (Lipinski definition) is 3. The summed E-state index contributed by atoms with van der Waals surface area (Å²) in [5.41, 5.74) is -1.35. The zero-order valence-corrected chi connectivity index (χ0v) is 11.6. The molecule has 2 N–H and O–H groups in total. The van der Waals surface area contributed by atoms with Crippen LogP contribution in [0, 0.1) is 11.3 Å². The lowest BCUT2D eigenvalue weighted by Crippen LogP contribution is -2.50. The molecule has 1 atom stereocenters. The second-order valence-electron chi connectivity index (χ2n) is 6.46. The zero-order chi connectivity index (χ0) is 14.1. The van der Waals surface area contributed by atoms with Crippen LogP contribution in [0.5, 0.6) is 0 Å². The lowest BCUT2D eigenvalue weighted by atomic mass is 9.79. The summed E-state index contributed by atoms with van der Waals surface area (Å²) in [5, 5.41) is 19.0. The number of carbonyl (C=O) groups is 2. The first-order chi connectivity index (χ1) is 8.04. The predicted molar refractivity (Wildman–Crippen MR) is 67.0 cm³/mol. The molecular formula is C13H23NO4. The number of carboxylic acids is 1. The Balaban J connectivity index is 2.78. The summed E-state index contributed by atoms with van der Waals surface area (Å²) in [6, 6.07) is 0. The first kappa shape index (κ1) is 15.0. The molecule has 0 radical (unpaired) electrons. The number of nitrogens with zero attached hydrogens (tertiary/aromatic N) is 1. The molecule has 0 aromatic rings. The molecule has 1 aliphatic heterocycles. The minimum Gasteiger partial charge on any atom is -0.481 e. The summed E-state index contributed by atoms with van der Waals surface area (Å²) >= 11 is 0. The van der Waals surface area contributed by atoms with Gasteiger partial charge in [-0.2, -0.15) is 0 Å². The summed E-state index contributed by atoms with van der Waals surface area (Å²) < 4.78 is 0. The van der Waals surface area contributed by atoms with Gasteiger partial charge in [0.15, 0.2) is 0 Å². The van der Waals surface area contributed by atoms with Gasteiger partial charge in [-0.1, -0.05) is 20.8 Å². The number of carbonyl (C=O) groups excluding carboxylic acids is 1. The maximum atomic E-state index is 12.3. The maximum Gasteiger partial charge on any atom is 0.316 e. The molecule has 1 saturated heterocycles. The number of aliphatic hydroxyl groups is 1. The van der Waals surface area contributed by atoms with Gasteiger partial charge in [-0.05, 0) is 25.2 Å². The van der Waals surface area contributed by atoms with Gasteiger partial charge in [0.05, 0.1) is 5.60 Å². The van der Waals surface area contributed by atoms with Gasteiger partial charge in [0, 0.05) is 13.1 Å². The van der Waals surface area contributed by atoms with Crippen LogP contribution in [-0.4, -0.2) is 45.7 Å². The van der Waals surface area contributed by atoms with Crippen LogP contribution >= 0.6 is 0 Å². The highest BCUT2D eigenvalue weighted by molar-refractivity contribution is 5.97. The van der Waals surface area contributed by atoms with Gasteiger partial charge in [0.25, 0.3) is 0 Å². The van der Waals surface area contributed by atoms with Crippen LogP contribution in [0.1, 0.15) is 40.5 Å². The Morgan fingerprint density at radius 1 is 1.22 bits per heavy atom. The lowest BCUT2D eigenvalue weighted by Gasteiger charge is -2.38. The average molecular weight is 257 g/mol. The molecule has 5 heteroatoms. The van der Waals surface area contributed by atoms with E-state index < -0.39 is 22.9 Å². The van der Waals surface area contributed by atoms with Crippen molar-refractivity contribution in [2.24, 2.45) is 11.3 Å². The van der Waals surface area contributed by atoms with E-state index in [-0.39, 0.29) is 5.91 Å². The molecule has 0 aromatic carbocycles. The fourth-order valence-corrected chi connectivity index (χ4v) is 2.24. The number of piperidine rings is 1. The Morgan fingerprint density at radius 2 is 1.67 bits per heavy atom. The van der Waals surface area contributed by atoms with Gasteiger partial charge in [-0.15, -0.1) is 0 Å². The third kappa shape index (κ3) is 3.45. The van der Waals surface area contributed by atoms with Crippen LogP contribution in [0.25, 0.3) is 0 Å². The molecule has 1 amide bonds. The highest BCUT2D eigenvalue weighted by Crippen LogP contribution is 2.30. The number of amides is 1. The Hall–Kier alpha value is -1.10. The van der Waals surface area contributed by atoms with Crippen LogP contribution in [0.15, 0.2) is 0 Å². The number of likely N-dealkylation sites (tertiary alicyclic amines) is 1. The molecule has 0 bridgehead atoms. The maximum absolute atomic E-state index is 12.3. The molecule has 0 spiro atoms. The average Bonchev–Trinajstić information content (AvgIpc) is 2.13. The van der Waals surface area contributed by atoms with Crippen molar-refractivity contribution in [1.29, 1.82) is 0 Å². The normalized spacial score (nSPS) is 21.5. The zero-order valence-electron chi connectivity index (χ0n) is 11.6. The SMILES string of the molecule is CC1(O)CCN(C(=O)C(C(=O)O)C(C)(C)C)CC1. The van der Waals surface area contributed by atoms with Gasteiger partial charge < -0.3 is 15.1 Å². The molecule has 18 heavy (non-hydrogen) atoms. The van der Waals surface area contributed by atoms with Crippen molar-refractivity contribution in [3.8, 4) is 0 Å². The van der Waals surface area contributed by atoms with Crippen LogP contribution in [0.2, 0.25) is 0 Å². The van der Waals surface area contributed by atoms with Gasteiger partial charge in [0.2, 0.25) is 5.91 Å². The van der Waals surface area contributed by atoms with E-state index in [0.29, 0.717) is 25.9 Å². The van der Waals surface area contributed by atoms with Crippen molar-refractivity contribution in [1.82, 2.24) is 4.90 Å². The van der Waals surface area contributed by atoms with E-state index in [2.05, 4.69) is 0 Å². The Labute approximate surface area is 108 Å². The first-order valence-electron chi connectivity index (χ1n) is 6.28. The Bertz CT molecular complexity index is 333. The van der Waals surface area contributed by atoms with Crippen LogP contribution < -0.4 is 0 Å². The van der Waals surface area contributed by atoms with Crippen molar-refractivity contribution in [3.63, 3.8) is 0 Å². The molecule has 1 heterocycles. The largest absolute Gasteiger partial charge is 0.481 e. The summed E-state index contributed by atoms with van der Waals surface area (Å²) in [4.78, 5) is 25.1. The predicted octanol–water partition coefficient (Wildman–Crippen LogP) is 1.11. The molecular weight excluding hydrogens is 234 g/mol. The van der Waals surface area contributed by atoms with Crippen LogP contribution in [-0.2, 0) is 9.59 Å². The summed E-state index contributed by atoms with van der Waals surface area (Å²) in [6.45, 7) is 7.85. The standard InChI is InChI=1S/C13H23NO4/c1-12(2,3)9(11(16)17)10(15)14-7-5-13(4,18)6-8-14/h9,18H,5-8H2,1-4H3,(H,16,17). The molecule has 104 valence electrons. The van der Waals surface area contributed by atoms with Crippen molar-refractivity contribution < 1.29 is 19.8 Å². The molecule has 1 unspecified atom stereocenters. The highest BCUT2D eigenvalue weighted by atomic mass is 16.4. The second kappa shape index (κ2) is 4.88. The van der Waals surface area contributed by atoms with Gasteiger partial charge in [-0.3, -0.25) is 9.59 Å². The first-order valence-corrected chi connectivity index (χ1v) is 6.28. The smallest absolute Gasteiger partial charge is 0.316 e. The quantitative estimate of drug-likeness (QED) is 0.726. The van der Waals surface area contributed by atoms with E-state index in [4.69, 9.17) is 0 Å². The third-order valence-electron chi connectivity index (χ3n) is 3.51. The van der Waals surface area contributed by atoms with Crippen molar-refractivity contribution in [2.75, 3.05) is 13.1 Å². The molecule has 0 saturated carbocycles. The lowest BCUT2D eigenvalue weighted by molar-refractivity contribution is -0.157. The minimum atomic E-state index is -1.08. The number of carboxylic acid groups (broad SMARTS) is 1. The molecule has 0 aliphatic carbocycles. The van der Waals surface area contributed by atoms with Gasteiger partial charge in [0.1, 0.15) is 5.92 Å². The molecule has 5 nitrogen and oxygen atoms in total. The van der Waals surface area contributed by atoms with E-state index in [1.165, 1.54) is 0 Å². The topological polar surface area (TPSA) is 77.8 Å². The third-order valence-corrected chi connectivity index (χ3v) is 3.51. The van der Waals surface area contributed by atoms with Crippen LogP contribution in [0.4, 0.5) is 0 Å². The van der Waals surface area contributed by atoms with E-state index in [1.54, 1.807) is 32.6 Å². The Morgan fingerprint density at radius 3 is 2.00 bits per heavy atom. The Kier molecular flexibility index (Phi) is 4.05. The van der Waals surface area contributed by atoms with E-state index in [9.17, 15) is 19.8 Å². The van der Waals surface area contributed by atoms with E-state index in [0.717, 1.165) is 0 Å². The fourth-order valence-electron chi connectivity index (χ4n) is 2.24. The summed E-state index contributed by atoms with van der Waals surface area (Å²) in [5.74, 6) is -2.45. The molecule has 1 rings (SSSR count). The van der Waals surface area contributed by atoms with Gasteiger partial charge >= 0.3 is 5.97 Å². The van der Waals surface area contributed by atoms with Crippen molar-refractivity contribution >= 4 is 11.9 Å². The monoisotopic (exact) mass is 257 g/mol. The number of aliphatic carboxylic acids is 1. The number of hydrogen-bond donors (Lipinski definition) is 2. The molecule has 1 fully saturated rings. The fraction of sp³-hybridized carbons (Fsp3) is 0.846. The van der Waals surface area contributed by atoms with Crippen molar-refractivity contribution in [3.05, 3.63) is 0 Å². The number of rotatable bonds is 2. The summed E-state index contributed by atoms with van der Waals surface area (Å²) in [6.07, 6.45) is 0.991.